The highest BCUT2D eigenvalue weighted by Crippen LogP contribution is 2.25. The topological polar surface area (TPSA) is 71.8 Å². The first-order valence-corrected chi connectivity index (χ1v) is 10.3. The molecule has 0 spiro atoms. The van der Waals surface area contributed by atoms with Crippen molar-refractivity contribution in [3.63, 3.8) is 0 Å². The van der Waals surface area contributed by atoms with Crippen LogP contribution in [0.5, 0.6) is 0 Å². The van der Waals surface area contributed by atoms with E-state index in [-0.39, 0.29) is 11.9 Å². The third-order valence-electron chi connectivity index (χ3n) is 5.06. The number of aryl methyl sites for hydroxylation is 1. The maximum Gasteiger partial charge on any atom is 0.276 e. The van der Waals surface area contributed by atoms with Gasteiger partial charge in [0.2, 0.25) is 0 Å². The summed E-state index contributed by atoms with van der Waals surface area (Å²) in [6.45, 7) is 3.69. The Morgan fingerprint density at radius 2 is 1.90 bits per heavy atom. The van der Waals surface area contributed by atoms with Crippen LogP contribution in [-0.2, 0) is 0 Å². The highest BCUT2D eigenvalue weighted by atomic mass is 35.5. The van der Waals surface area contributed by atoms with Crippen LogP contribution in [0.1, 0.15) is 46.1 Å². The van der Waals surface area contributed by atoms with E-state index in [4.69, 9.17) is 11.6 Å². The number of carbonyl (C=O) groups is 1. The van der Waals surface area contributed by atoms with Crippen LogP contribution in [0.4, 0.5) is 5.82 Å². The molecule has 0 atom stereocenters. The van der Waals surface area contributed by atoms with Crippen LogP contribution in [0.15, 0.2) is 48.8 Å². The molecular formula is C23H22ClN5O. The van der Waals surface area contributed by atoms with Gasteiger partial charge < -0.3 is 10.6 Å². The first-order valence-electron chi connectivity index (χ1n) is 9.90. The van der Waals surface area contributed by atoms with Gasteiger partial charge in [0.1, 0.15) is 11.5 Å². The van der Waals surface area contributed by atoms with Crippen molar-refractivity contribution in [3.05, 3.63) is 76.2 Å². The van der Waals surface area contributed by atoms with Gasteiger partial charge in [0, 0.05) is 17.3 Å². The van der Waals surface area contributed by atoms with E-state index in [0.717, 1.165) is 42.6 Å². The Kier molecular flexibility index (Phi) is 6.12. The van der Waals surface area contributed by atoms with Crippen molar-refractivity contribution in [3.8, 4) is 11.8 Å². The molecule has 0 saturated carbocycles. The van der Waals surface area contributed by atoms with Gasteiger partial charge in [0.15, 0.2) is 0 Å². The van der Waals surface area contributed by atoms with Gasteiger partial charge >= 0.3 is 0 Å². The molecule has 0 radical (unpaired) electrons. The minimum atomic E-state index is -0.310. The number of benzene rings is 1. The molecule has 0 aliphatic carbocycles. The van der Waals surface area contributed by atoms with Gasteiger partial charge in [-0.15, -0.1) is 0 Å². The highest BCUT2D eigenvalue weighted by Gasteiger charge is 2.25. The van der Waals surface area contributed by atoms with Gasteiger partial charge in [-0.1, -0.05) is 41.6 Å². The molecule has 4 rings (SSSR count). The molecule has 1 amide bonds. The molecule has 6 nitrogen and oxygen atoms in total. The lowest BCUT2D eigenvalue weighted by Crippen LogP contribution is -2.32. The zero-order valence-electron chi connectivity index (χ0n) is 16.7. The van der Waals surface area contributed by atoms with Crippen molar-refractivity contribution in [1.82, 2.24) is 20.1 Å². The Morgan fingerprint density at radius 3 is 2.63 bits per heavy atom. The summed E-state index contributed by atoms with van der Waals surface area (Å²) < 4.78 is 1.74. The smallest absolute Gasteiger partial charge is 0.276 e. The summed E-state index contributed by atoms with van der Waals surface area (Å²) >= 11 is 6.29. The van der Waals surface area contributed by atoms with Gasteiger partial charge in [-0.3, -0.25) is 9.48 Å². The molecule has 3 aromatic rings. The van der Waals surface area contributed by atoms with Crippen LogP contribution in [0.2, 0.25) is 5.02 Å². The van der Waals surface area contributed by atoms with E-state index in [1.807, 2.05) is 43.3 Å². The van der Waals surface area contributed by atoms with Gasteiger partial charge in [-0.2, -0.15) is 5.10 Å². The Balaban J connectivity index is 1.52. The van der Waals surface area contributed by atoms with E-state index >= 15 is 0 Å². The second-order valence-corrected chi connectivity index (χ2v) is 7.63. The summed E-state index contributed by atoms with van der Waals surface area (Å²) in [5.41, 5.74) is 2.92. The largest absolute Gasteiger partial charge is 0.317 e. The van der Waals surface area contributed by atoms with E-state index < -0.39 is 0 Å². The van der Waals surface area contributed by atoms with Crippen molar-refractivity contribution in [2.75, 3.05) is 18.4 Å². The maximum atomic E-state index is 13.0. The molecule has 2 N–H and O–H groups in total. The zero-order chi connectivity index (χ0) is 20.9. The van der Waals surface area contributed by atoms with Crippen molar-refractivity contribution in [2.45, 2.75) is 25.8 Å². The van der Waals surface area contributed by atoms with Crippen molar-refractivity contribution >= 4 is 23.3 Å². The van der Waals surface area contributed by atoms with E-state index in [0.29, 0.717) is 16.5 Å². The molecule has 1 aliphatic rings. The fourth-order valence-electron chi connectivity index (χ4n) is 3.49. The summed E-state index contributed by atoms with van der Waals surface area (Å²) in [4.78, 5) is 17.4. The fraction of sp³-hybridized carbons (Fsp3) is 0.261. The normalized spacial score (nSPS) is 14.1. The quantitative estimate of drug-likeness (QED) is 0.633. The molecular weight excluding hydrogens is 398 g/mol. The fourth-order valence-corrected chi connectivity index (χ4v) is 3.70. The third-order valence-corrected chi connectivity index (χ3v) is 5.33. The summed E-state index contributed by atoms with van der Waals surface area (Å²) in [7, 11) is 0. The average Bonchev–Trinajstić information content (AvgIpc) is 3.17. The van der Waals surface area contributed by atoms with Gasteiger partial charge in [0.25, 0.3) is 5.91 Å². The summed E-state index contributed by atoms with van der Waals surface area (Å²) in [5.74, 6) is 6.39. The van der Waals surface area contributed by atoms with Gasteiger partial charge in [-0.25, -0.2) is 4.98 Å². The third kappa shape index (κ3) is 4.54. The second kappa shape index (κ2) is 9.12. The Labute approximate surface area is 180 Å². The number of rotatable bonds is 3. The average molecular weight is 420 g/mol. The van der Waals surface area contributed by atoms with Crippen LogP contribution >= 0.6 is 11.6 Å². The second-order valence-electron chi connectivity index (χ2n) is 7.23. The van der Waals surface area contributed by atoms with E-state index in [1.54, 1.807) is 10.9 Å². The minimum Gasteiger partial charge on any atom is -0.317 e. The standard InChI is InChI=1S/C23H22ClN5O/c1-16-13-18(8-7-17-5-3-2-4-6-17)14-26-22(16)28-23(30)21-20(24)15-27-29(21)19-9-11-25-12-10-19/h2-6,13-15,19,25H,9-12H2,1H3,(H,26,28,30). The Hall–Kier alpha value is -3.14. The lowest BCUT2D eigenvalue weighted by molar-refractivity contribution is 0.101. The van der Waals surface area contributed by atoms with Crippen molar-refractivity contribution < 1.29 is 4.79 Å². The molecule has 2 aromatic heterocycles. The maximum absolute atomic E-state index is 13.0. The number of piperidine rings is 1. The molecule has 0 unspecified atom stereocenters. The number of halogens is 1. The molecule has 152 valence electrons. The summed E-state index contributed by atoms with van der Waals surface area (Å²) in [5, 5.41) is 10.9. The van der Waals surface area contributed by atoms with E-state index in [2.05, 4.69) is 32.6 Å². The molecule has 1 fully saturated rings. The van der Waals surface area contributed by atoms with Crippen LogP contribution < -0.4 is 10.6 Å². The van der Waals surface area contributed by atoms with Crippen LogP contribution in [-0.4, -0.2) is 33.8 Å². The Morgan fingerprint density at radius 1 is 1.17 bits per heavy atom. The van der Waals surface area contributed by atoms with Crippen LogP contribution in [0.25, 0.3) is 0 Å². The van der Waals surface area contributed by atoms with Crippen molar-refractivity contribution in [1.29, 1.82) is 0 Å². The minimum absolute atomic E-state index is 0.157. The molecule has 1 aromatic carbocycles. The van der Waals surface area contributed by atoms with Gasteiger partial charge in [0.05, 0.1) is 17.3 Å². The number of hydrogen-bond acceptors (Lipinski definition) is 4. The SMILES string of the molecule is Cc1cc(C#Cc2ccccc2)cnc1NC(=O)c1c(Cl)cnn1C1CCNCC1. The van der Waals surface area contributed by atoms with Gasteiger partial charge in [-0.05, 0) is 56.6 Å². The number of pyridine rings is 1. The number of aromatic nitrogens is 3. The summed E-state index contributed by atoms with van der Waals surface area (Å²) in [6.07, 6.45) is 5.00. The molecule has 3 heterocycles. The lowest BCUT2D eigenvalue weighted by atomic mass is 10.1. The molecule has 1 aliphatic heterocycles. The monoisotopic (exact) mass is 419 g/mol. The van der Waals surface area contributed by atoms with Crippen LogP contribution in [0.3, 0.4) is 0 Å². The predicted molar refractivity (Wildman–Crippen MR) is 118 cm³/mol. The number of nitrogens with one attached hydrogen (secondary N) is 2. The van der Waals surface area contributed by atoms with E-state index in [9.17, 15) is 4.79 Å². The van der Waals surface area contributed by atoms with E-state index in [1.165, 1.54) is 6.20 Å². The summed E-state index contributed by atoms with van der Waals surface area (Å²) in [6, 6.07) is 11.8. The molecule has 0 bridgehead atoms. The van der Waals surface area contributed by atoms with Crippen LogP contribution in [0, 0.1) is 18.8 Å². The molecule has 7 heteroatoms. The molecule has 30 heavy (non-hydrogen) atoms. The zero-order valence-corrected chi connectivity index (χ0v) is 17.4. The number of carbonyl (C=O) groups excluding carboxylic acids is 1. The lowest BCUT2D eigenvalue weighted by Gasteiger charge is -2.24. The Bertz CT molecular complexity index is 1110. The molecule has 1 saturated heterocycles. The highest BCUT2D eigenvalue weighted by molar-refractivity contribution is 6.34. The van der Waals surface area contributed by atoms with Crippen molar-refractivity contribution in [2.24, 2.45) is 0 Å². The predicted octanol–water partition coefficient (Wildman–Crippen LogP) is 3.82. The first kappa shape index (κ1) is 20.1. The number of nitrogens with zero attached hydrogens (tertiary/aromatic N) is 3. The number of hydrogen-bond donors (Lipinski definition) is 2. The number of anilines is 1. The number of amides is 1. The first-order chi connectivity index (χ1) is 14.6.